The minimum Gasteiger partial charge on any atom is -0.354 e. The number of rotatable bonds is 1. The van der Waals surface area contributed by atoms with Crippen molar-refractivity contribution in [3.63, 3.8) is 0 Å². The Labute approximate surface area is 113 Å². The van der Waals surface area contributed by atoms with Gasteiger partial charge >= 0.3 is 0 Å². The van der Waals surface area contributed by atoms with Crippen LogP contribution < -0.4 is 4.90 Å². The first-order chi connectivity index (χ1) is 9.22. The Morgan fingerprint density at radius 2 is 1.84 bits per heavy atom. The van der Waals surface area contributed by atoms with E-state index in [1.807, 2.05) is 0 Å². The van der Waals surface area contributed by atoms with E-state index in [0.29, 0.717) is 11.1 Å². The first-order valence-corrected chi connectivity index (χ1v) is 6.87. The molecule has 0 bridgehead atoms. The first-order valence-electron chi connectivity index (χ1n) is 6.87. The van der Waals surface area contributed by atoms with E-state index in [1.54, 1.807) is 12.4 Å². The zero-order valence-corrected chi connectivity index (χ0v) is 11.3. The Kier molecular flexibility index (Phi) is 3.11. The molecule has 0 aliphatic carbocycles. The molecule has 0 N–H and O–H groups in total. The van der Waals surface area contributed by atoms with E-state index in [4.69, 9.17) is 5.26 Å². The maximum atomic E-state index is 9.13. The van der Waals surface area contributed by atoms with Crippen molar-refractivity contribution < 1.29 is 0 Å². The largest absolute Gasteiger partial charge is 0.354 e. The number of nitriles is 1. The third kappa shape index (κ3) is 2.28. The monoisotopic (exact) mass is 257 g/mol. The number of likely N-dealkylation sites (tertiary alicyclic amines) is 1. The number of nitrogens with zero attached hydrogens (tertiary/aromatic N) is 5. The molecule has 0 radical (unpaired) electrons. The highest BCUT2D eigenvalue weighted by Crippen LogP contribution is 2.41. The molecule has 0 amide bonds. The Morgan fingerprint density at radius 1 is 1.16 bits per heavy atom. The van der Waals surface area contributed by atoms with Crippen LogP contribution in [-0.2, 0) is 0 Å². The van der Waals surface area contributed by atoms with Gasteiger partial charge < -0.3 is 9.80 Å². The molecule has 2 aliphatic rings. The van der Waals surface area contributed by atoms with Crippen molar-refractivity contribution in [3.05, 3.63) is 18.1 Å². The highest BCUT2D eigenvalue weighted by Gasteiger charge is 2.40. The zero-order valence-electron chi connectivity index (χ0n) is 11.3. The van der Waals surface area contributed by atoms with E-state index in [0.717, 1.165) is 18.9 Å². The molecule has 100 valence electrons. The third-order valence-corrected chi connectivity index (χ3v) is 4.57. The fourth-order valence-corrected chi connectivity index (χ4v) is 3.26. The number of hydrogen-bond acceptors (Lipinski definition) is 5. The molecule has 1 aromatic heterocycles. The normalized spacial score (nSPS) is 22.6. The van der Waals surface area contributed by atoms with Gasteiger partial charge in [0.1, 0.15) is 6.07 Å². The van der Waals surface area contributed by atoms with Gasteiger partial charge in [-0.2, -0.15) is 5.26 Å². The SMILES string of the molecule is CN1CCC2(CC1)CCN(c1nccnc1C#N)C2. The lowest BCUT2D eigenvalue weighted by atomic mass is 9.78. The minimum atomic E-state index is 0.427. The van der Waals surface area contributed by atoms with Crippen LogP contribution in [0.15, 0.2) is 12.4 Å². The summed E-state index contributed by atoms with van der Waals surface area (Å²) in [5.74, 6) is 0.765. The fraction of sp³-hybridized carbons (Fsp3) is 0.643. The standard InChI is InChI=1S/C14H19N5/c1-18-7-2-14(3-8-18)4-9-19(11-14)13-12(10-15)16-5-6-17-13/h5-6H,2-4,7-9,11H2,1H3. The molecule has 19 heavy (non-hydrogen) atoms. The molecule has 2 fully saturated rings. The van der Waals surface area contributed by atoms with Crippen LogP contribution in [0.3, 0.4) is 0 Å². The van der Waals surface area contributed by atoms with Gasteiger partial charge in [-0.1, -0.05) is 0 Å². The molecule has 3 rings (SSSR count). The summed E-state index contributed by atoms with van der Waals surface area (Å²) in [5.41, 5.74) is 0.879. The van der Waals surface area contributed by atoms with Crippen molar-refractivity contribution in [2.45, 2.75) is 19.3 Å². The number of aromatic nitrogens is 2. The lowest BCUT2D eigenvalue weighted by Gasteiger charge is -2.37. The van der Waals surface area contributed by atoms with Crippen molar-refractivity contribution in [1.29, 1.82) is 5.26 Å². The minimum absolute atomic E-state index is 0.427. The Bertz CT molecular complexity index is 499. The summed E-state index contributed by atoms with van der Waals surface area (Å²) in [6.45, 7) is 4.38. The van der Waals surface area contributed by atoms with E-state index < -0.39 is 0 Å². The average molecular weight is 257 g/mol. The van der Waals surface area contributed by atoms with Crippen molar-refractivity contribution in [2.75, 3.05) is 38.1 Å². The van der Waals surface area contributed by atoms with Crippen molar-refractivity contribution in [3.8, 4) is 6.07 Å². The average Bonchev–Trinajstić information content (AvgIpc) is 2.86. The molecule has 0 aromatic carbocycles. The van der Waals surface area contributed by atoms with E-state index in [9.17, 15) is 0 Å². The molecule has 2 aliphatic heterocycles. The Morgan fingerprint density at radius 3 is 2.58 bits per heavy atom. The van der Waals surface area contributed by atoms with Gasteiger partial charge in [0.2, 0.25) is 0 Å². The van der Waals surface area contributed by atoms with Gasteiger partial charge in [0.15, 0.2) is 11.5 Å². The lowest BCUT2D eigenvalue weighted by Crippen LogP contribution is -2.39. The van der Waals surface area contributed by atoms with Gasteiger partial charge in [0.25, 0.3) is 0 Å². The smallest absolute Gasteiger partial charge is 0.183 e. The highest BCUT2D eigenvalue weighted by atomic mass is 15.2. The van der Waals surface area contributed by atoms with E-state index in [1.165, 1.54) is 32.4 Å². The summed E-state index contributed by atoms with van der Waals surface area (Å²) < 4.78 is 0. The number of piperidine rings is 1. The molecule has 3 heterocycles. The molecule has 1 spiro atoms. The number of anilines is 1. The molecule has 0 unspecified atom stereocenters. The second-order valence-electron chi connectivity index (χ2n) is 5.82. The molecule has 2 saturated heterocycles. The maximum Gasteiger partial charge on any atom is 0.183 e. The predicted molar refractivity (Wildman–Crippen MR) is 72.7 cm³/mol. The molecule has 0 atom stereocenters. The lowest BCUT2D eigenvalue weighted by molar-refractivity contribution is 0.142. The fourth-order valence-electron chi connectivity index (χ4n) is 3.26. The van der Waals surface area contributed by atoms with Crippen LogP contribution in [-0.4, -0.2) is 48.1 Å². The highest BCUT2D eigenvalue weighted by molar-refractivity contribution is 5.50. The quantitative estimate of drug-likeness (QED) is 0.758. The molecular weight excluding hydrogens is 238 g/mol. The van der Waals surface area contributed by atoms with Gasteiger partial charge in [0.05, 0.1) is 0 Å². The Balaban J connectivity index is 1.77. The maximum absolute atomic E-state index is 9.13. The van der Waals surface area contributed by atoms with Crippen LogP contribution in [0.5, 0.6) is 0 Å². The van der Waals surface area contributed by atoms with Crippen LogP contribution >= 0.6 is 0 Å². The van der Waals surface area contributed by atoms with Gasteiger partial charge in [0, 0.05) is 25.5 Å². The third-order valence-electron chi connectivity index (χ3n) is 4.57. The van der Waals surface area contributed by atoms with E-state index in [2.05, 4.69) is 32.9 Å². The van der Waals surface area contributed by atoms with Crippen LogP contribution in [0, 0.1) is 16.7 Å². The van der Waals surface area contributed by atoms with Gasteiger partial charge in [-0.3, -0.25) is 0 Å². The van der Waals surface area contributed by atoms with Crippen LogP contribution in [0.1, 0.15) is 25.0 Å². The van der Waals surface area contributed by atoms with Crippen LogP contribution in [0.4, 0.5) is 5.82 Å². The topological polar surface area (TPSA) is 56.1 Å². The second kappa shape index (κ2) is 4.78. The number of hydrogen-bond donors (Lipinski definition) is 0. The summed E-state index contributed by atoms with van der Waals surface area (Å²) >= 11 is 0. The summed E-state index contributed by atoms with van der Waals surface area (Å²) in [6, 6.07) is 2.15. The van der Waals surface area contributed by atoms with Crippen molar-refractivity contribution >= 4 is 5.82 Å². The molecule has 1 aromatic rings. The van der Waals surface area contributed by atoms with Gasteiger partial charge in [-0.15, -0.1) is 0 Å². The van der Waals surface area contributed by atoms with Crippen molar-refractivity contribution in [1.82, 2.24) is 14.9 Å². The first kappa shape index (κ1) is 12.4. The summed E-state index contributed by atoms with van der Waals surface area (Å²) in [6.07, 6.45) is 6.98. The van der Waals surface area contributed by atoms with Gasteiger partial charge in [-0.25, -0.2) is 9.97 Å². The van der Waals surface area contributed by atoms with Crippen LogP contribution in [0.2, 0.25) is 0 Å². The van der Waals surface area contributed by atoms with Crippen molar-refractivity contribution in [2.24, 2.45) is 5.41 Å². The summed E-state index contributed by atoms with van der Waals surface area (Å²) in [4.78, 5) is 13.1. The van der Waals surface area contributed by atoms with E-state index in [-0.39, 0.29) is 0 Å². The van der Waals surface area contributed by atoms with Crippen LogP contribution in [0.25, 0.3) is 0 Å². The molecule has 5 heteroatoms. The zero-order chi connectivity index (χ0) is 13.3. The molecule has 0 saturated carbocycles. The molecule has 5 nitrogen and oxygen atoms in total. The molecular formula is C14H19N5. The summed E-state index contributed by atoms with van der Waals surface area (Å²) in [7, 11) is 2.19. The van der Waals surface area contributed by atoms with Gasteiger partial charge in [-0.05, 0) is 44.8 Å². The second-order valence-corrected chi connectivity index (χ2v) is 5.82. The Hall–Kier alpha value is -1.67. The summed E-state index contributed by atoms with van der Waals surface area (Å²) in [5, 5.41) is 9.13. The predicted octanol–water partition coefficient (Wildman–Crippen LogP) is 1.27. The van der Waals surface area contributed by atoms with E-state index >= 15 is 0 Å².